The van der Waals surface area contributed by atoms with Crippen molar-refractivity contribution in [2.45, 2.75) is 38.3 Å². The number of rotatable bonds is 3. The number of hydrogen-bond donors (Lipinski definition) is 1. The van der Waals surface area contributed by atoms with Gasteiger partial charge in [0.05, 0.1) is 0 Å². The van der Waals surface area contributed by atoms with Crippen LogP contribution in [-0.2, 0) is 0 Å². The van der Waals surface area contributed by atoms with Gasteiger partial charge in [-0.1, -0.05) is 18.0 Å². The molecule has 18 heavy (non-hydrogen) atoms. The number of hydrogen-bond acceptors (Lipinski definition) is 2. The smallest absolute Gasteiger partial charge is 0.125 e. The van der Waals surface area contributed by atoms with Crippen molar-refractivity contribution in [2.24, 2.45) is 5.73 Å². The second-order valence-electron chi connectivity index (χ2n) is 5.04. The van der Waals surface area contributed by atoms with E-state index in [1.54, 1.807) is 6.07 Å². The SMILES string of the molecule is CC1CCCCN1C(CN)c1cc(F)cc(Cl)c1. The fourth-order valence-electron chi connectivity index (χ4n) is 2.81. The summed E-state index contributed by atoms with van der Waals surface area (Å²) in [6.07, 6.45) is 3.63. The van der Waals surface area contributed by atoms with E-state index in [-0.39, 0.29) is 11.9 Å². The molecule has 1 fully saturated rings. The van der Waals surface area contributed by atoms with Crippen LogP contribution < -0.4 is 5.73 Å². The average Bonchev–Trinajstić information content (AvgIpc) is 2.31. The minimum atomic E-state index is -0.291. The summed E-state index contributed by atoms with van der Waals surface area (Å²) in [6, 6.07) is 5.26. The van der Waals surface area contributed by atoms with Crippen molar-refractivity contribution in [1.82, 2.24) is 4.90 Å². The minimum absolute atomic E-state index is 0.0634. The predicted octanol–water partition coefficient (Wildman–Crippen LogP) is 3.35. The summed E-state index contributed by atoms with van der Waals surface area (Å²) in [4.78, 5) is 2.37. The summed E-state index contributed by atoms with van der Waals surface area (Å²) in [5.41, 5.74) is 6.78. The molecule has 1 aliphatic rings. The van der Waals surface area contributed by atoms with E-state index in [9.17, 15) is 4.39 Å². The molecule has 2 nitrogen and oxygen atoms in total. The number of nitrogens with two attached hydrogens (primary N) is 1. The molecule has 0 bridgehead atoms. The number of nitrogens with zero attached hydrogens (tertiary/aromatic N) is 1. The first-order valence-corrected chi connectivity index (χ1v) is 6.91. The van der Waals surface area contributed by atoms with Crippen molar-refractivity contribution in [1.29, 1.82) is 0 Å². The zero-order valence-electron chi connectivity index (χ0n) is 10.7. The van der Waals surface area contributed by atoms with Gasteiger partial charge < -0.3 is 5.73 Å². The molecule has 1 saturated heterocycles. The summed E-state index contributed by atoms with van der Waals surface area (Å²) >= 11 is 5.93. The Morgan fingerprint density at radius 2 is 2.22 bits per heavy atom. The Morgan fingerprint density at radius 3 is 2.83 bits per heavy atom. The van der Waals surface area contributed by atoms with Crippen molar-refractivity contribution in [3.63, 3.8) is 0 Å². The van der Waals surface area contributed by atoms with Gasteiger partial charge in [0.1, 0.15) is 5.82 Å². The highest BCUT2D eigenvalue weighted by Crippen LogP contribution is 2.29. The maximum Gasteiger partial charge on any atom is 0.125 e. The maximum atomic E-state index is 13.4. The van der Waals surface area contributed by atoms with E-state index < -0.39 is 0 Å². The highest BCUT2D eigenvalue weighted by Gasteiger charge is 2.26. The minimum Gasteiger partial charge on any atom is -0.329 e. The molecule has 0 aliphatic carbocycles. The van der Waals surface area contributed by atoms with Crippen molar-refractivity contribution < 1.29 is 4.39 Å². The van der Waals surface area contributed by atoms with Crippen LogP contribution in [0.4, 0.5) is 4.39 Å². The van der Waals surface area contributed by atoms with Gasteiger partial charge in [-0.2, -0.15) is 0 Å². The summed E-state index contributed by atoms with van der Waals surface area (Å²) < 4.78 is 13.4. The van der Waals surface area contributed by atoms with Gasteiger partial charge in [-0.15, -0.1) is 0 Å². The fraction of sp³-hybridized carbons (Fsp3) is 0.571. The Morgan fingerprint density at radius 1 is 1.44 bits per heavy atom. The fourth-order valence-corrected chi connectivity index (χ4v) is 3.04. The summed E-state index contributed by atoms with van der Waals surface area (Å²) in [5.74, 6) is -0.291. The average molecular weight is 271 g/mol. The van der Waals surface area contributed by atoms with Gasteiger partial charge in [0.15, 0.2) is 0 Å². The molecule has 1 heterocycles. The highest BCUT2D eigenvalue weighted by molar-refractivity contribution is 6.30. The molecule has 2 N–H and O–H groups in total. The molecular formula is C14H20ClFN2. The summed E-state index contributed by atoms with van der Waals surface area (Å²) in [6.45, 7) is 3.73. The summed E-state index contributed by atoms with van der Waals surface area (Å²) in [7, 11) is 0. The van der Waals surface area contributed by atoms with Gasteiger partial charge >= 0.3 is 0 Å². The molecule has 0 saturated carbocycles. The van der Waals surface area contributed by atoms with Crippen molar-refractivity contribution in [2.75, 3.05) is 13.1 Å². The lowest BCUT2D eigenvalue weighted by Crippen LogP contribution is -2.43. The van der Waals surface area contributed by atoms with Crippen LogP contribution in [0.2, 0.25) is 5.02 Å². The van der Waals surface area contributed by atoms with Gasteiger partial charge in [0.25, 0.3) is 0 Å². The molecule has 0 spiro atoms. The molecular weight excluding hydrogens is 251 g/mol. The molecule has 2 atom stereocenters. The third-order valence-corrected chi connectivity index (χ3v) is 3.97. The van der Waals surface area contributed by atoms with Crippen molar-refractivity contribution in [3.8, 4) is 0 Å². The van der Waals surface area contributed by atoms with Crippen LogP contribution in [0.15, 0.2) is 18.2 Å². The molecule has 0 amide bonds. The van der Waals surface area contributed by atoms with Crippen LogP contribution in [0.1, 0.15) is 37.8 Å². The topological polar surface area (TPSA) is 29.3 Å². The Hall–Kier alpha value is -0.640. The van der Waals surface area contributed by atoms with Gasteiger partial charge in [0, 0.05) is 23.7 Å². The predicted molar refractivity (Wildman–Crippen MR) is 73.2 cm³/mol. The number of halogens is 2. The molecule has 0 radical (unpaired) electrons. The molecule has 1 aliphatic heterocycles. The van der Waals surface area contributed by atoms with E-state index in [4.69, 9.17) is 17.3 Å². The molecule has 1 aromatic carbocycles. The highest BCUT2D eigenvalue weighted by atomic mass is 35.5. The zero-order valence-corrected chi connectivity index (χ0v) is 11.5. The Balaban J connectivity index is 2.26. The lowest BCUT2D eigenvalue weighted by Gasteiger charge is -2.39. The lowest BCUT2D eigenvalue weighted by atomic mass is 9.97. The monoisotopic (exact) mass is 270 g/mol. The quantitative estimate of drug-likeness (QED) is 0.913. The van der Waals surface area contributed by atoms with Crippen LogP contribution in [0, 0.1) is 5.82 Å². The molecule has 4 heteroatoms. The molecule has 100 valence electrons. The maximum absolute atomic E-state index is 13.4. The van der Waals surface area contributed by atoms with Crippen LogP contribution in [0.3, 0.4) is 0 Å². The zero-order chi connectivity index (χ0) is 13.1. The van der Waals surface area contributed by atoms with E-state index in [2.05, 4.69) is 11.8 Å². The van der Waals surface area contributed by atoms with Crippen LogP contribution in [0.25, 0.3) is 0 Å². The van der Waals surface area contributed by atoms with Crippen molar-refractivity contribution >= 4 is 11.6 Å². The van der Waals surface area contributed by atoms with Gasteiger partial charge in [-0.3, -0.25) is 4.90 Å². The molecule has 1 aromatic rings. The van der Waals surface area contributed by atoms with Gasteiger partial charge in [-0.25, -0.2) is 4.39 Å². The van der Waals surface area contributed by atoms with E-state index in [0.717, 1.165) is 12.1 Å². The van der Waals surface area contributed by atoms with Crippen LogP contribution in [0.5, 0.6) is 0 Å². The third kappa shape index (κ3) is 3.02. The van der Waals surface area contributed by atoms with Gasteiger partial charge in [0.2, 0.25) is 0 Å². The van der Waals surface area contributed by atoms with Gasteiger partial charge in [-0.05, 0) is 50.1 Å². The first-order valence-electron chi connectivity index (χ1n) is 6.53. The van der Waals surface area contributed by atoms with E-state index in [1.807, 2.05) is 6.07 Å². The Kier molecular flexibility index (Phi) is 4.60. The third-order valence-electron chi connectivity index (χ3n) is 3.75. The standard InChI is InChI=1S/C14H20ClFN2/c1-10-4-2-3-5-18(10)14(9-17)11-6-12(15)8-13(16)7-11/h6-8,10,14H,2-5,9,17H2,1H3. The number of likely N-dealkylation sites (tertiary alicyclic amines) is 1. The molecule has 2 unspecified atom stereocenters. The Labute approximate surface area is 113 Å². The van der Waals surface area contributed by atoms with Crippen LogP contribution in [-0.4, -0.2) is 24.0 Å². The number of piperidine rings is 1. The Bertz CT molecular complexity index is 391. The van der Waals surface area contributed by atoms with E-state index in [0.29, 0.717) is 17.6 Å². The second-order valence-corrected chi connectivity index (χ2v) is 5.47. The molecule has 2 rings (SSSR count). The largest absolute Gasteiger partial charge is 0.329 e. The first kappa shape index (κ1) is 13.8. The molecule has 0 aromatic heterocycles. The first-order chi connectivity index (χ1) is 8.61. The van der Waals surface area contributed by atoms with E-state index >= 15 is 0 Å². The lowest BCUT2D eigenvalue weighted by molar-refractivity contribution is 0.109. The number of benzene rings is 1. The summed E-state index contributed by atoms with van der Waals surface area (Å²) in [5, 5.41) is 0.438. The van der Waals surface area contributed by atoms with Crippen molar-refractivity contribution in [3.05, 3.63) is 34.6 Å². The van der Waals surface area contributed by atoms with Crippen LogP contribution >= 0.6 is 11.6 Å². The second kappa shape index (κ2) is 6.00. The van der Waals surface area contributed by atoms with E-state index in [1.165, 1.54) is 25.3 Å². The normalized spacial score (nSPS) is 23.0.